The number of halogens is 1. The van der Waals surface area contributed by atoms with Crippen molar-refractivity contribution in [1.82, 2.24) is 10.2 Å². The summed E-state index contributed by atoms with van der Waals surface area (Å²) in [5.74, 6) is 2.58. The molecule has 0 bridgehead atoms. The molecule has 2 aliphatic rings. The van der Waals surface area contributed by atoms with Crippen LogP contribution in [0.25, 0.3) is 0 Å². The molecule has 1 aromatic carbocycles. The normalized spacial score (nSPS) is 17.6. The van der Waals surface area contributed by atoms with Crippen molar-refractivity contribution in [2.45, 2.75) is 46.5 Å². The van der Waals surface area contributed by atoms with Crippen LogP contribution in [0.2, 0.25) is 0 Å². The van der Waals surface area contributed by atoms with Crippen LogP contribution in [0.3, 0.4) is 0 Å². The number of nitrogens with two attached hydrogens (primary N) is 1. The van der Waals surface area contributed by atoms with E-state index in [4.69, 9.17) is 15.2 Å². The summed E-state index contributed by atoms with van der Waals surface area (Å²) in [5.41, 5.74) is 5.66. The van der Waals surface area contributed by atoms with Gasteiger partial charge in [0.2, 0.25) is 5.91 Å². The highest BCUT2D eigenvalue weighted by atomic mass is 127. The van der Waals surface area contributed by atoms with Crippen LogP contribution in [0.15, 0.2) is 23.2 Å². The second-order valence-corrected chi connectivity index (χ2v) is 9.55. The Morgan fingerprint density at radius 1 is 1.21 bits per heavy atom. The van der Waals surface area contributed by atoms with E-state index in [9.17, 15) is 4.79 Å². The van der Waals surface area contributed by atoms with Gasteiger partial charge in [0.05, 0.1) is 25.2 Å². The quantitative estimate of drug-likeness (QED) is 0.191. The van der Waals surface area contributed by atoms with Crippen molar-refractivity contribution >= 4 is 41.5 Å². The molecule has 33 heavy (non-hydrogen) atoms. The number of carbonyl (C=O) groups is 1. The van der Waals surface area contributed by atoms with Crippen LogP contribution in [0.5, 0.6) is 11.5 Å². The first kappa shape index (κ1) is 27.5. The van der Waals surface area contributed by atoms with Gasteiger partial charge in [-0.1, -0.05) is 6.92 Å². The Balaban J connectivity index is 0.00000385. The minimum Gasteiger partial charge on any atom is -0.490 e. The maximum absolute atomic E-state index is 11.7. The highest BCUT2D eigenvalue weighted by Gasteiger charge is 2.24. The topological polar surface area (TPSA) is 101 Å². The molecular formula is C24H40IN5O3. The third-order valence-electron chi connectivity index (χ3n) is 6.13. The minimum atomic E-state index is -0.718. The summed E-state index contributed by atoms with van der Waals surface area (Å²) in [6, 6.07) is 5.77. The van der Waals surface area contributed by atoms with Crippen LogP contribution < -0.4 is 25.8 Å². The number of primary amides is 1. The zero-order chi connectivity index (χ0) is 23.0. The standard InChI is InChI=1S/C24H39N5O3.HI/c1-18-8-12-29(13-9-18)11-4-10-26-23(27-17-24(2,3)22(25)30)28-19-6-7-20-21(16-19)32-15-5-14-31-20;/h6-7,16,18H,4-5,8-15,17H2,1-3H3,(H2,25,30)(H2,26,27,28);1H. The van der Waals surface area contributed by atoms with E-state index in [0.29, 0.717) is 25.7 Å². The molecule has 4 N–H and O–H groups in total. The van der Waals surface area contributed by atoms with Crippen LogP contribution in [-0.2, 0) is 4.79 Å². The highest BCUT2D eigenvalue weighted by Crippen LogP contribution is 2.32. The van der Waals surface area contributed by atoms with E-state index in [2.05, 4.69) is 27.4 Å². The number of benzene rings is 1. The van der Waals surface area contributed by atoms with Crippen molar-refractivity contribution in [1.29, 1.82) is 0 Å². The van der Waals surface area contributed by atoms with Gasteiger partial charge < -0.3 is 30.7 Å². The lowest BCUT2D eigenvalue weighted by atomic mass is 9.93. The second-order valence-electron chi connectivity index (χ2n) is 9.55. The second kappa shape index (κ2) is 13.2. The number of hydrogen-bond donors (Lipinski definition) is 3. The molecule has 0 unspecified atom stereocenters. The Labute approximate surface area is 215 Å². The summed E-state index contributed by atoms with van der Waals surface area (Å²) in [7, 11) is 0. The molecule has 1 saturated heterocycles. The Bertz CT molecular complexity index is 794. The van der Waals surface area contributed by atoms with Gasteiger partial charge in [-0.25, -0.2) is 0 Å². The van der Waals surface area contributed by atoms with E-state index in [-0.39, 0.29) is 29.9 Å². The minimum absolute atomic E-state index is 0. The molecule has 0 spiro atoms. The average molecular weight is 574 g/mol. The molecule has 186 valence electrons. The van der Waals surface area contributed by atoms with Gasteiger partial charge in [0.1, 0.15) is 0 Å². The van der Waals surface area contributed by atoms with Crippen LogP contribution >= 0.6 is 24.0 Å². The number of ether oxygens (including phenoxy) is 2. The van der Waals surface area contributed by atoms with Crippen LogP contribution in [0, 0.1) is 11.3 Å². The SMILES string of the molecule is CC1CCN(CCCNC(=NCC(C)(C)C(N)=O)Nc2ccc3c(c2)OCCCO3)CC1.I. The van der Waals surface area contributed by atoms with Gasteiger partial charge in [-0.05, 0) is 70.8 Å². The fourth-order valence-corrected chi connectivity index (χ4v) is 3.67. The average Bonchev–Trinajstić information content (AvgIpc) is 3.01. The number of nitrogens with zero attached hydrogens (tertiary/aromatic N) is 2. The summed E-state index contributed by atoms with van der Waals surface area (Å²) in [6.45, 7) is 11.8. The molecule has 3 rings (SSSR count). The molecule has 2 aliphatic heterocycles. The maximum Gasteiger partial charge on any atom is 0.224 e. The van der Waals surface area contributed by atoms with E-state index < -0.39 is 5.41 Å². The van der Waals surface area contributed by atoms with Gasteiger partial charge in [-0.3, -0.25) is 9.79 Å². The number of hydrogen-bond acceptors (Lipinski definition) is 5. The monoisotopic (exact) mass is 573 g/mol. The van der Waals surface area contributed by atoms with E-state index in [0.717, 1.165) is 49.0 Å². The van der Waals surface area contributed by atoms with Crippen molar-refractivity contribution in [3.63, 3.8) is 0 Å². The number of fused-ring (bicyclic) bond motifs is 1. The number of guanidine groups is 1. The smallest absolute Gasteiger partial charge is 0.224 e. The van der Waals surface area contributed by atoms with Crippen LogP contribution in [0.4, 0.5) is 5.69 Å². The number of aliphatic imine (C=N–C) groups is 1. The number of carbonyl (C=O) groups excluding carboxylic acids is 1. The number of rotatable bonds is 8. The van der Waals surface area contributed by atoms with Crippen molar-refractivity contribution < 1.29 is 14.3 Å². The van der Waals surface area contributed by atoms with Gasteiger partial charge in [0.25, 0.3) is 0 Å². The van der Waals surface area contributed by atoms with E-state index in [1.165, 1.54) is 25.9 Å². The van der Waals surface area contributed by atoms with Crippen LogP contribution in [-0.4, -0.2) is 62.7 Å². The molecule has 1 aromatic rings. The molecule has 2 heterocycles. The number of amides is 1. The molecule has 1 amide bonds. The fraction of sp³-hybridized carbons (Fsp3) is 0.667. The van der Waals surface area contributed by atoms with Gasteiger partial charge >= 0.3 is 0 Å². The number of likely N-dealkylation sites (tertiary alicyclic amines) is 1. The van der Waals surface area contributed by atoms with Gasteiger partial charge in [0, 0.05) is 24.7 Å². The third-order valence-corrected chi connectivity index (χ3v) is 6.13. The number of nitrogens with one attached hydrogen (secondary N) is 2. The zero-order valence-corrected chi connectivity index (χ0v) is 22.5. The van der Waals surface area contributed by atoms with E-state index in [1.54, 1.807) is 13.8 Å². The van der Waals surface area contributed by atoms with Crippen molar-refractivity contribution in [3.05, 3.63) is 18.2 Å². The predicted molar refractivity (Wildman–Crippen MR) is 144 cm³/mol. The molecule has 1 fully saturated rings. The highest BCUT2D eigenvalue weighted by molar-refractivity contribution is 14.0. The molecule has 9 heteroatoms. The maximum atomic E-state index is 11.7. The molecule has 0 atom stereocenters. The number of piperidine rings is 1. The zero-order valence-electron chi connectivity index (χ0n) is 20.2. The predicted octanol–water partition coefficient (Wildman–Crippen LogP) is 3.46. The Morgan fingerprint density at radius 2 is 1.91 bits per heavy atom. The summed E-state index contributed by atoms with van der Waals surface area (Å²) >= 11 is 0. The van der Waals surface area contributed by atoms with Crippen molar-refractivity contribution in [2.75, 3.05) is 51.3 Å². The molecule has 8 nitrogen and oxygen atoms in total. The molecule has 0 aromatic heterocycles. The fourth-order valence-electron chi connectivity index (χ4n) is 3.67. The lowest BCUT2D eigenvalue weighted by Gasteiger charge is -2.30. The summed E-state index contributed by atoms with van der Waals surface area (Å²) < 4.78 is 11.5. The Morgan fingerprint density at radius 3 is 2.61 bits per heavy atom. The third kappa shape index (κ3) is 8.84. The van der Waals surface area contributed by atoms with Gasteiger partial charge in [-0.15, -0.1) is 24.0 Å². The summed E-state index contributed by atoms with van der Waals surface area (Å²) in [5, 5.41) is 6.75. The van der Waals surface area contributed by atoms with Crippen LogP contribution in [0.1, 0.15) is 46.5 Å². The first-order valence-electron chi connectivity index (χ1n) is 11.8. The van der Waals surface area contributed by atoms with Gasteiger partial charge in [0.15, 0.2) is 17.5 Å². The van der Waals surface area contributed by atoms with Crippen molar-refractivity contribution in [2.24, 2.45) is 22.1 Å². The lowest BCUT2D eigenvalue weighted by molar-refractivity contribution is -0.125. The summed E-state index contributed by atoms with van der Waals surface area (Å²) in [6.07, 6.45) is 4.46. The Hall–Kier alpha value is -1.75. The Kier molecular flexibility index (Phi) is 11.0. The molecule has 0 radical (unpaired) electrons. The first-order chi connectivity index (χ1) is 15.3. The largest absolute Gasteiger partial charge is 0.490 e. The lowest BCUT2D eigenvalue weighted by Crippen LogP contribution is -2.38. The summed E-state index contributed by atoms with van der Waals surface area (Å²) in [4.78, 5) is 18.9. The molecule has 0 saturated carbocycles. The van der Waals surface area contributed by atoms with Crippen molar-refractivity contribution in [3.8, 4) is 11.5 Å². The molecule has 0 aliphatic carbocycles. The van der Waals surface area contributed by atoms with E-state index in [1.807, 2.05) is 18.2 Å². The number of anilines is 1. The molecular weight excluding hydrogens is 533 g/mol. The van der Waals surface area contributed by atoms with Gasteiger partial charge in [-0.2, -0.15) is 0 Å². The van der Waals surface area contributed by atoms with E-state index >= 15 is 0 Å². The first-order valence-corrected chi connectivity index (χ1v) is 11.8.